The summed E-state index contributed by atoms with van der Waals surface area (Å²) in [4.78, 5) is 2.40. The van der Waals surface area contributed by atoms with Gasteiger partial charge in [0.2, 0.25) is 0 Å². The molecular formula is C54H38N2. The number of benzene rings is 9. The fraction of sp³-hybridized carbons (Fsp3) is 0. The van der Waals surface area contributed by atoms with E-state index in [1.54, 1.807) is 0 Å². The molecule has 0 spiro atoms. The zero-order valence-corrected chi connectivity index (χ0v) is 30.8. The van der Waals surface area contributed by atoms with Crippen molar-refractivity contribution in [1.82, 2.24) is 4.57 Å². The quantitative estimate of drug-likeness (QED) is 0.152. The first-order chi connectivity index (χ1) is 27.8. The summed E-state index contributed by atoms with van der Waals surface area (Å²) in [5.41, 5.74) is 16.3. The predicted octanol–water partition coefficient (Wildman–Crippen LogP) is 14.9. The second-order valence-corrected chi connectivity index (χ2v) is 14.1. The van der Waals surface area contributed by atoms with E-state index in [2.05, 4.69) is 240 Å². The second kappa shape index (κ2) is 14.4. The molecule has 9 aromatic carbocycles. The molecule has 1 aromatic heterocycles. The van der Waals surface area contributed by atoms with Crippen LogP contribution in [0.3, 0.4) is 0 Å². The second-order valence-electron chi connectivity index (χ2n) is 14.1. The van der Waals surface area contributed by atoms with E-state index >= 15 is 0 Å². The van der Waals surface area contributed by atoms with Crippen LogP contribution in [-0.2, 0) is 0 Å². The maximum atomic E-state index is 2.40. The van der Waals surface area contributed by atoms with Gasteiger partial charge in [-0.15, -0.1) is 0 Å². The van der Waals surface area contributed by atoms with Gasteiger partial charge in [-0.3, -0.25) is 0 Å². The Morgan fingerprint density at radius 2 is 0.607 bits per heavy atom. The number of hydrogen-bond donors (Lipinski definition) is 0. The molecule has 0 amide bonds. The highest BCUT2D eigenvalue weighted by Crippen LogP contribution is 2.44. The third-order valence-electron chi connectivity index (χ3n) is 10.8. The van der Waals surface area contributed by atoms with Crippen molar-refractivity contribution >= 4 is 38.9 Å². The van der Waals surface area contributed by atoms with Crippen molar-refractivity contribution in [3.63, 3.8) is 0 Å². The van der Waals surface area contributed by atoms with Gasteiger partial charge in [-0.2, -0.15) is 0 Å². The Balaban J connectivity index is 1.18. The van der Waals surface area contributed by atoms with Gasteiger partial charge in [-0.1, -0.05) is 170 Å². The van der Waals surface area contributed by atoms with E-state index in [1.807, 2.05) is 0 Å². The average molecular weight is 715 g/mol. The van der Waals surface area contributed by atoms with Gasteiger partial charge in [0.1, 0.15) is 0 Å². The summed E-state index contributed by atoms with van der Waals surface area (Å²) < 4.78 is 2.38. The van der Waals surface area contributed by atoms with Crippen LogP contribution in [0.1, 0.15) is 0 Å². The number of hydrogen-bond acceptors (Lipinski definition) is 1. The number of nitrogens with zero attached hydrogens (tertiary/aromatic N) is 2. The Morgan fingerprint density at radius 1 is 0.268 bits per heavy atom. The van der Waals surface area contributed by atoms with Crippen molar-refractivity contribution in [2.24, 2.45) is 0 Å². The lowest BCUT2D eigenvalue weighted by Crippen LogP contribution is -2.11. The third kappa shape index (κ3) is 6.04. The van der Waals surface area contributed by atoms with Crippen molar-refractivity contribution in [2.75, 3.05) is 4.90 Å². The molecule has 2 heteroatoms. The summed E-state index contributed by atoms with van der Waals surface area (Å²) in [6, 6.07) is 83.1. The SMILES string of the molecule is c1ccc(-c2ccc(N(c3ccc(-n4c5ccccc5c5ccccc54)cc3)c3ccc(-c4ccccc4)c(-c4ccccc4)c3)cc2-c2ccccc2)cc1. The standard InChI is InChI=1S/C54H38N2/c1-5-17-39(18-6-1)47-35-33-45(37-51(47)41-21-9-3-10-22-41)55(46-34-36-48(40-19-7-2-8-20-40)52(38-46)42-23-11-4-12-24-42)43-29-31-44(32-30-43)56-53-27-15-13-25-49(53)50-26-14-16-28-54(50)56/h1-38H. The normalized spacial score (nSPS) is 11.2. The van der Waals surface area contributed by atoms with Crippen LogP contribution in [0.25, 0.3) is 72.0 Å². The van der Waals surface area contributed by atoms with Crippen molar-refractivity contribution in [2.45, 2.75) is 0 Å². The topological polar surface area (TPSA) is 8.17 Å². The van der Waals surface area contributed by atoms with Gasteiger partial charge in [0.25, 0.3) is 0 Å². The molecule has 0 unspecified atom stereocenters. The fourth-order valence-corrected chi connectivity index (χ4v) is 8.19. The van der Waals surface area contributed by atoms with Crippen molar-refractivity contribution in [3.05, 3.63) is 231 Å². The van der Waals surface area contributed by atoms with Crippen LogP contribution in [0.4, 0.5) is 17.1 Å². The minimum absolute atomic E-state index is 1.08. The zero-order chi connectivity index (χ0) is 37.3. The fourth-order valence-electron chi connectivity index (χ4n) is 8.19. The van der Waals surface area contributed by atoms with Gasteiger partial charge in [-0.25, -0.2) is 0 Å². The first-order valence-corrected chi connectivity index (χ1v) is 19.2. The Bertz CT molecular complexity index is 2750. The van der Waals surface area contributed by atoms with Crippen molar-refractivity contribution in [1.29, 1.82) is 0 Å². The number of aromatic nitrogens is 1. The summed E-state index contributed by atoms with van der Waals surface area (Å²) >= 11 is 0. The van der Waals surface area contributed by atoms with E-state index < -0.39 is 0 Å². The first kappa shape index (κ1) is 33.2. The maximum absolute atomic E-state index is 2.40. The molecule has 0 aliphatic carbocycles. The predicted molar refractivity (Wildman–Crippen MR) is 237 cm³/mol. The van der Waals surface area contributed by atoms with Crippen molar-refractivity contribution < 1.29 is 0 Å². The molecule has 0 N–H and O–H groups in total. The van der Waals surface area contributed by atoms with Crippen LogP contribution in [0.2, 0.25) is 0 Å². The van der Waals surface area contributed by atoms with Crippen LogP contribution in [-0.4, -0.2) is 4.57 Å². The summed E-state index contributed by atoms with van der Waals surface area (Å²) in [6.45, 7) is 0. The first-order valence-electron chi connectivity index (χ1n) is 19.2. The van der Waals surface area contributed by atoms with Crippen molar-refractivity contribution in [3.8, 4) is 50.2 Å². The molecule has 0 aliphatic rings. The Kier molecular flexibility index (Phi) is 8.55. The van der Waals surface area contributed by atoms with Crippen LogP contribution in [0.15, 0.2) is 231 Å². The molecule has 10 aromatic rings. The van der Waals surface area contributed by atoms with Crippen LogP contribution >= 0.6 is 0 Å². The molecule has 0 atom stereocenters. The largest absolute Gasteiger partial charge is 0.310 e. The van der Waals surface area contributed by atoms with E-state index in [4.69, 9.17) is 0 Å². The molecule has 0 saturated heterocycles. The van der Waals surface area contributed by atoms with Gasteiger partial charge in [-0.05, 0) is 105 Å². The lowest BCUT2D eigenvalue weighted by molar-refractivity contribution is 1.17. The van der Waals surface area contributed by atoms with Gasteiger partial charge >= 0.3 is 0 Å². The average Bonchev–Trinajstić information content (AvgIpc) is 3.62. The van der Waals surface area contributed by atoms with Crippen LogP contribution < -0.4 is 4.90 Å². The summed E-state index contributed by atoms with van der Waals surface area (Å²) in [7, 11) is 0. The minimum atomic E-state index is 1.08. The molecule has 264 valence electrons. The van der Waals surface area contributed by atoms with Crippen LogP contribution in [0, 0.1) is 0 Å². The highest BCUT2D eigenvalue weighted by Gasteiger charge is 2.20. The summed E-state index contributed by atoms with van der Waals surface area (Å²) in [5.74, 6) is 0. The third-order valence-corrected chi connectivity index (χ3v) is 10.8. The number of anilines is 3. The van der Waals surface area contributed by atoms with Gasteiger partial charge in [0, 0.05) is 33.5 Å². The maximum Gasteiger partial charge on any atom is 0.0541 e. The molecular weight excluding hydrogens is 677 g/mol. The Hall–Kier alpha value is -7.42. The molecule has 1 heterocycles. The molecule has 0 radical (unpaired) electrons. The zero-order valence-electron chi connectivity index (χ0n) is 30.8. The van der Waals surface area contributed by atoms with Gasteiger partial charge in [0.05, 0.1) is 11.0 Å². The number of para-hydroxylation sites is 2. The van der Waals surface area contributed by atoms with E-state index in [0.29, 0.717) is 0 Å². The highest BCUT2D eigenvalue weighted by atomic mass is 15.1. The van der Waals surface area contributed by atoms with Gasteiger partial charge in [0.15, 0.2) is 0 Å². The lowest BCUT2D eigenvalue weighted by atomic mass is 9.92. The van der Waals surface area contributed by atoms with E-state index in [-0.39, 0.29) is 0 Å². The summed E-state index contributed by atoms with van der Waals surface area (Å²) in [5, 5.41) is 2.51. The summed E-state index contributed by atoms with van der Waals surface area (Å²) in [6.07, 6.45) is 0. The Morgan fingerprint density at radius 3 is 1.02 bits per heavy atom. The molecule has 56 heavy (non-hydrogen) atoms. The van der Waals surface area contributed by atoms with Gasteiger partial charge < -0.3 is 9.47 Å². The smallest absolute Gasteiger partial charge is 0.0541 e. The molecule has 10 rings (SSSR count). The molecule has 0 saturated carbocycles. The molecule has 2 nitrogen and oxygen atoms in total. The molecule has 0 bridgehead atoms. The van der Waals surface area contributed by atoms with E-state index in [0.717, 1.165) is 22.7 Å². The highest BCUT2D eigenvalue weighted by molar-refractivity contribution is 6.09. The Labute approximate surface area is 327 Å². The van der Waals surface area contributed by atoms with E-state index in [9.17, 15) is 0 Å². The lowest BCUT2D eigenvalue weighted by Gasteiger charge is -2.28. The molecule has 0 aliphatic heterocycles. The minimum Gasteiger partial charge on any atom is -0.310 e. The van der Waals surface area contributed by atoms with Crippen LogP contribution in [0.5, 0.6) is 0 Å². The number of fused-ring (bicyclic) bond motifs is 3. The molecule has 0 fully saturated rings. The number of rotatable bonds is 8. The monoisotopic (exact) mass is 714 g/mol. The van der Waals surface area contributed by atoms with E-state index in [1.165, 1.54) is 66.3 Å².